The molecule has 1 amide bonds. The number of fused-ring (bicyclic) bond motifs is 1. The maximum Gasteiger partial charge on any atom is 0.242 e. The fourth-order valence-electron chi connectivity index (χ4n) is 3.17. The van der Waals surface area contributed by atoms with Crippen LogP contribution in [-0.4, -0.2) is 38.7 Å². The molecule has 3 aromatic rings. The van der Waals surface area contributed by atoms with Crippen molar-refractivity contribution in [3.8, 4) is 0 Å². The van der Waals surface area contributed by atoms with E-state index in [1.165, 1.54) is 12.8 Å². The molecule has 0 atom stereocenters. The lowest BCUT2D eigenvalue weighted by molar-refractivity contribution is -0.121. The minimum Gasteiger partial charge on any atom is -0.356 e. The molecule has 1 aliphatic heterocycles. The number of carbonyl (C=O) groups excluding carboxylic acids is 1. The number of carbonyl (C=O) groups is 1. The van der Waals surface area contributed by atoms with Gasteiger partial charge in [-0.1, -0.05) is 30.3 Å². The van der Waals surface area contributed by atoms with E-state index in [0.29, 0.717) is 12.2 Å². The normalized spacial score (nSPS) is 14.2. The number of anilines is 1. The maximum atomic E-state index is 12.2. The summed E-state index contributed by atoms with van der Waals surface area (Å²) in [4.78, 5) is 23.2. The van der Waals surface area contributed by atoms with Crippen molar-refractivity contribution in [1.29, 1.82) is 0 Å². The molecule has 25 heavy (non-hydrogen) atoms. The molecule has 1 saturated heterocycles. The molecular weight excluding hydrogens is 316 g/mol. The Hall–Kier alpha value is -2.96. The molecule has 7 nitrogen and oxygen atoms in total. The molecule has 0 spiro atoms. The Kier molecular flexibility index (Phi) is 4.28. The molecule has 2 aromatic heterocycles. The first kappa shape index (κ1) is 15.6. The van der Waals surface area contributed by atoms with Gasteiger partial charge < -0.3 is 10.2 Å². The highest BCUT2D eigenvalue weighted by Gasteiger charge is 2.19. The lowest BCUT2D eigenvalue weighted by Gasteiger charge is -2.16. The van der Waals surface area contributed by atoms with Gasteiger partial charge in [0.25, 0.3) is 0 Å². The molecule has 0 bridgehead atoms. The van der Waals surface area contributed by atoms with Crippen molar-refractivity contribution in [1.82, 2.24) is 25.1 Å². The minimum absolute atomic E-state index is 0.0878. The fourth-order valence-corrected chi connectivity index (χ4v) is 3.17. The van der Waals surface area contributed by atoms with Crippen molar-refractivity contribution in [3.05, 3.63) is 48.4 Å². The number of nitrogens with zero attached hydrogens (tertiary/aromatic N) is 5. The number of aromatic nitrogens is 4. The van der Waals surface area contributed by atoms with Crippen LogP contribution in [0.4, 0.5) is 5.82 Å². The second-order valence-corrected chi connectivity index (χ2v) is 6.19. The number of hydrogen-bond acceptors (Lipinski definition) is 5. The lowest BCUT2D eigenvalue weighted by Crippen LogP contribution is -2.27. The molecule has 1 N–H and O–H groups in total. The predicted molar refractivity (Wildman–Crippen MR) is 95.1 cm³/mol. The molecule has 1 fully saturated rings. The molecule has 128 valence electrons. The molecule has 0 radical (unpaired) electrons. The van der Waals surface area contributed by atoms with E-state index in [1.54, 1.807) is 17.2 Å². The third-order valence-corrected chi connectivity index (χ3v) is 4.44. The third kappa shape index (κ3) is 3.31. The van der Waals surface area contributed by atoms with Crippen molar-refractivity contribution < 1.29 is 4.79 Å². The highest BCUT2D eigenvalue weighted by atomic mass is 16.2. The van der Waals surface area contributed by atoms with Crippen LogP contribution in [0.2, 0.25) is 0 Å². The molecule has 3 heterocycles. The summed E-state index contributed by atoms with van der Waals surface area (Å²) in [6.07, 6.45) is 5.67. The Bertz CT molecular complexity index is 870. The van der Waals surface area contributed by atoms with Gasteiger partial charge in [-0.15, -0.1) is 0 Å². The van der Waals surface area contributed by atoms with Gasteiger partial charge in [0.05, 0.1) is 11.6 Å². The molecule has 0 unspecified atom stereocenters. The van der Waals surface area contributed by atoms with Gasteiger partial charge in [-0.3, -0.25) is 4.79 Å². The molecule has 1 aliphatic rings. The Balaban J connectivity index is 1.48. The number of amides is 1. The number of nitrogens with one attached hydrogen (secondary N) is 1. The van der Waals surface area contributed by atoms with E-state index in [-0.39, 0.29) is 12.5 Å². The third-order valence-electron chi connectivity index (χ3n) is 4.44. The van der Waals surface area contributed by atoms with Crippen LogP contribution >= 0.6 is 0 Å². The van der Waals surface area contributed by atoms with Gasteiger partial charge in [-0.05, 0) is 18.4 Å². The number of rotatable bonds is 5. The largest absolute Gasteiger partial charge is 0.356 e. The van der Waals surface area contributed by atoms with Crippen LogP contribution in [0.1, 0.15) is 18.4 Å². The van der Waals surface area contributed by atoms with Gasteiger partial charge in [0, 0.05) is 19.6 Å². The monoisotopic (exact) mass is 336 g/mol. The van der Waals surface area contributed by atoms with Crippen molar-refractivity contribution in [3.63, 3.8) is 0 Å². The zero-order valence-electron chi connectivity index (χ0n) is 13.9. The van der Waals surface area contributed by atoms with Crippen molar-refractivity contribution in [2.24, 2.45) is 0 Å². The Morgan fingerprint density at radius 1 is 1.12 bits per heavy atom. The van der Waals surface area contributed by atoms with E-state index in [1.807, 2.05) is 30.3 Å². The summed E-state index contributed by atoms with van der Waals surface area (Å²) in [5.41, 5.74) is 1.77. The summed E-state index contributed by atoms with van der Waals surface area (Å²) in [6.45, 7) is 2.67. The smallest absolute Gasteiger partial charge is 0.242 e. The van der Waals surface area contributed by atoms with Crippen LogP contribution in [0.25, 0.3) is 11.0 Å². The highest BCUT2D eigenvalue weighted by molar-refractivity contribution is 5.88. The topological polar surface area (TPSA) is 75.9 Å². The van der Waals surface area contributed by atoms with E-state index >= 15 is 0 Å². The summed E-state index contributed by atoms with van der Waals surface area (Å²) in [6, 6.07) is 9.84. The van der Waals surface area contributed by atoms with Crippen molar-refractivity contribution >= 4 is 22.8 Å². The van der Waals surface area contributed by atoms with Crippen molar-refractivity contribution in [2.75, 3.05) is 18.0 Å². The zero-order chi connectivity index (χ0) is 17.1. The van der Waals surface area contributed by atoms with Crippen LogP contribution in [0.3, 0.4) is 0 Å². The van der Waals surface area contributed by atoms with Gasteiger partial charge in [0.2, 0.25) is 5.91 Å². The second kappa shape index (κ2) is 6.88. The van der Waals surface area contributed by atoms with E-state index in [4.69, 9.17) is 0 Å². The summed E-state index contributed by atoms with van der Waals surface area (Å²) >= 11 is 0. The van der Waals surface area contributed by atoms with E-state index in [2.05, 4.69) is 25.3 Å². The van der Waals surface area contributed by atoms with Crippen LogP contribution in [-0.2, 0) is 17.9 Å². The van der Waals surface area contributed by atoms with Gasteiger partial charge in [0.15, 0.2) is 5.65 Å². The van der Waals surface area contributed by atoms with Crippen LogP contribution in [0.5, 0.6) is 0 Å². The number of hydrogen-bond donors (Lipinski definition) is 1. The highest BCUT2D eigenvalue weighted by Crippen LogP contribution is 2.25. The van der Waals surface area contributed by atoms with Gasteiger partial charge in [-0.25, -0.2) is 14.6 Å². The average molecular weight is 336 g/mol. The Labute approximate surface area is 145 Å². The van der Waals surface area contributed by atoms with E-state index in [0.717, 1.165) is 29.9 Å². The van der Waals surface area contributed by atoms with Crippen LogP contribution in [0, 0.1) is 0 Å². The Morgan fingerprint density at radius 2 is 1.92 bits per heavy atom. The first-order valence-corrected chi connectivity index (χ1v) is 8.53. The second-order valence-electron chi connectivity index (χ2n) is 6.19. The van der Waals surface area contributed by atoms with Gasteiger partial charge in [-0.2, -0.15) is 5.10 Å². The van der Waals surface area contributed by atoms with E-state index < -0.39 is 0 Å². The maximum absolute atomic E-state index is 12.2. The summed E-state index contributed by atoms with van der Waals surface area (Å²) in [5.74, 6) is 0.827. The summed E-state index contributed by atoms with van der Waals surface area (Å²) in [7, 11) is 0. The zero-order valence-corrected chi connectivity index (χ0v) is 13.9. The quantitative estimate of drug-likeness (QED) is 0.768. The van der Waals surface area contributed by atoms with Gasteiger partial charge >= 0.3 is 0 Å². The molecule has 0 aliphatic carbocycles. The molecule has 1 aromatic carbocycles. The fraction of sp³-hybridized carbons (Fsp3) is 0.333. The molecule has 4 rings (SSSR count). The summed E-state index contributed by atoms with van der Waals surface area (Å²) < 4.78 is 1.64. The Morgan fingerprint density at radius 3 is 2.72 bits per heavy atom. The predicted octanol–water partition coefficient (Wildman–Crippen LogP) is 1.74. The minimum atomic E-state index is -0.0878. The summed E-state index contributed by atoms with van der Waals surface area (Å²) in [5, 5.41) is 8.17. The SMILES string of the molecule is O=C(Cn1ncc2c(N3CCCC3)ncnc21)NCc1ccccc1. The first-order chi connectivity index (χ1) is 12.3. The first-order valence-electron chi connectivity index (χ1n) is 8.53. The van der Waals surface area contributed by atoms with Crippen LogP contribution in [0.15, 0.2) is 42.9 Å². The van der Waals surface area contributed by atoms with Crippen LogP contribution < -0.4 is 10.2 Å². The molecular formula is C18H20N6O. The molecule has 0 saturated carbocycles. The average Bonchev–Trinajstić information content (AvgIpc) is 3.31. The van der Waals surface area contributed by atoms with Crippen molar-refractivity contribution in [2.45, 2.75) is 25.9 Å². The van der Waals surface area contributed by atoms with Gasteiger partial charge in [0.1, 0.15) is 18.7 Å². The standard InChI is InChI=1S/C18H20N6O/c25-16(19-10-14-6-2-1-3-7-14)12-24-18-15(11-22-24)17(20-13-21-18)23-8-4-5-9-23/h1-3,6-7,11,13H,4-5,8-10,12H2,(H,19,25). The molecule has 7 heteroatoms. The number of benzene rings is 1. The van der Waals surface area contributed by atoms with E-state index in [9.17, 15) is 4.79 Å². The lowest BCUT2D eigenvalue weighted by atomic mass is 10.2.